The van der Waals surface area contributed by atoms with Crippen molar-refractivity contribution in [1.29, 1.82) is 0 Å². The Bertz CT molecular complexity index is 666. The lowest BCUT2D eigenvalue weighted by molar-refractivity contribution is 0.102. The Morgan fingerprint density at radius 3 is 2.62 bits per heavy atom. The predicted molar refractivity (Wildman–Crippen MR) is 85.9 cm³/mol. The van der Waals surface area contributed by atoms with Gasteiger partial charge in [0.1, 0.15) is 5.75 Å². The van der Waals surface area contributed by atoms with Crippen LogP contribution in [0.2, 0.25) is 0 Å². The molecule has 0 aliphatic rings. The van der Waals surface area contributed by atoms with Crippen molar-refractivity contribution in [1.82, 2.24) is 0 Å². The summed E-state index contributed by atoms with van der Waals surface area (Å²) >= 11 is 0. The van der Waals surface area contributed by atoms with Gasteiger partial charge < -0.3 is 15.8 Å². The van der Waals surface area contributed by atoms with Crippen molar-refractivity contribution in [2.24, 2.45) is 0 Å². The summed E-state index contributed by atoms with van der Waals surface area (Å²) in [4.78, 5) is 12.4. The van der Waals surface area contributed by atoms with Crippen molar-refractivity contribution >= 4 is 17.3 Å². The average molecular weight is 284 g/mol. The molecule has 0 saturated heterocycles. The molecule has 2 aromatic rings. The van der Waals surface area contributed by atoms with Crippen molar-refractivity contribution in [3.63, 3.8) is 0 Å². The maximum absolute atomic E-state index is 12.4. The minimum Gasteiger partial charge on any atom is -0.493 e. The second kappa shape index (κ2) is 6.31. The van der Waals surface area contributed by atoms with Crippen LogP contribution in [0.4, 0.5) is 11.4 Å². The van der Waals surface area contributed by atoms with Gasteiger partial charge in [0.25, 0.3) is 5.91 Å². The molecule has 1 amide bonds. The van der Waals surface area contributed by atoms with Gasteiger partial charge >= 0.3 is 0 Å². The lowest BCUT2D eigenvalue weighted by Gasteiger charge is -2.13. The number of hydrogen-bond acceptors (Lipinski definition) is 3. The van der Waals surface area contributed by atoms with E-state index in [9.17, 15) is 4.79 Å². The molecular weight excluding hydrogens is 264 g/mol. The summed E-state index contributed by atoms with van der Waals surface area (Å²) < 4.78 is 5.49. The third-order valence-corrected chi connectivity index (χ3v) is 3.29. The second-order valence-corrected chi connectivity index (χ2v) is 4.91. The first-order valence-electron chi connectivity index (χ1n) is 6.92. The highest BCUT2D eigenvalue weighted by Gasteiger charge is 2.13. The number of ether oxygens (including phenoxy) is 1. The summed E-state index contributed by atoms with van der Waals surface area (Å²) in [6, 6.07) is 10.9. The molecule has 0 saturated carbocycles. The van der Waals surface area contributed by atoms with E-state index in [0.717, 1.165) is 22.5 Å². The number of aryl methyl sites for hydroxylation is 2. The number of para-hydroxylation sites is 1. The molecule has 0 unspecified atom stereocenters. The number of benzene rings is 2. The van der Waals surface area contributed by atoms with E-state index in [1.165, 1.54) is 0 Å². The topological polar surface area (TPSA) is 64.3 Å². The van der Waals surface area contributed by atoms with Gasteiger partial charge in [-0.3, -0.25) is 4.79 Å². The zero-order valence-corrected chi connectivity index (χ0v) is 12.6. The molecule has 4 nitrogen and oxygen atoms in total. The predicted octanol–water partition coefficient (Wildman–Crippen LogP) is 3.54. The molecule has 0 bridgehead atoms. The van der Waals surface area contributed by atoms with Crippen molar-refractivity contribution in [2.75, 3.05) is 17.7 Å². The summed E-state index contributed by atoms with van der Waals surface area (Å²) in [5.74, 6) is 0.397. The number of hydrogen-bond donors (Lipinski definition) is 2. The highest BCUT2D eigenvalue weighted by atomic mass is 16.5. The largest absolute Gasteiger partial charge is 0.493 e. The van der Waals surface area contributed by atoms with Crippen LogP contribution in [0.1, 0.15) is 28.4 Å². The van der Waals surface area contributed by atoms with Crippen LogP contribution >= 0.6 is 0 Å². The van der Waals surface area contributed by atoms with Crippen LogP contribution in [0, 0.1) is 13.8 Å². The molecule has 2 rings (SSSR count). The van der Waals surface area contributed by atoms with Crippen LogP contribution in [0.5, 0.6) is 5.75 Å². The summed E-state index contributed by atoms with van der Waals surface area (Å²) in [5.41, 5.74) is 9.74. The van der Waals surface area contributed by atoms with Crippen LogP contribution < -0.4 is 15.8 Å². The molecule has 0 fully saturated rings. The third kappa shape index (κ3) is 3.34. The Balaban J connectivity index is 2.28. The van der Waals surface area contributed by atoms with E-state index < -0.39 is 0 Å². The zero-order chi connectivity index (χ0) is 15.4. The van der Waals surface area contributed by atoms with Crippen LogP contribution in [-0.2, 0) is 0 Å². The smallest absolute Gasteiger partial charge is 0.259 e. The van der Waals surface area contributed by atoms with Gasteiger partial charge in [0.15, 0.2) is 0 Å². The van der Waals surface area contributed by atoms with Gasteiger partial charge in [-0.15, -0.1) is 0 Å². The van der Waals surface area contributed by atoms with Crippen LogP contribution in [-0.4, -0.2) is 12.5 Å². The Hall–Kier alpha value is -2.49. The fraction of sp³-hybridized carbons (Fsp3) is 0.235. The molecule has 4 heteroatoms. The van der Waals surface area contributed by atoms with E-state index >= 15 is 0 Å². The van der Waals surface area contributed by atoms with Gasteiger partial charge in [0, 0.05) is 11.4 Å². The fourth-order valence-corrected chi connectivity index (χ4v) is 2.10. The average Bonchev–Trinajstić information content (AvgIpc) is 2.45. The zero-order valence-electron chi connectivity index (χ0n) is 12.6. The summed E-state index contributed by atoms with van der Waals surface area (Å²) in [6.07, 6.45) is 0. The maximum atomic E-state index is 12.4. The highest BCUT2D eigenvalue weighted by molar-refractivity contribution is 6.06. The van der Waals surface area contributed by atoms with E-state index in [0.29, 0.717) is 17.9 Å². The number of rotatable bonds is 4. The van der Waals surface area contributed by atoms with Gasteiger partial charge in [-0.05, 0) is 56.2 Å². The standard InChI is InChI=1S/C17H20N2O2/c1-4-21-16-8-6-5-7-13(16)17(20)19-15-10-11(2)14(18)9-12(15)3/h5-10H,4,18H2,1-3H3,(H,19,20). The highest BCUT2D eigenvalue weighted by Crippen LogP contribution is 2.24. The van der Waals surface area contributed by atoms with E-state index in [4.69, 9.17) is 10.5 Å². The summed E-state index contributed by atoms with van der Waals surface area (Å²) in [7, 11) is 0. The van der Waals surface area contributed by atoms with E-state index in [1.54, 1.807) is 12.1 Å². The first-order valence-corrected chi connectivity index (χ1v) is 6.92. The Morgan fingerprint density at radius 1 is 1.19 bits per heavy atom. The van der Waals surface area contributed by atoms with Crippen molar-refractivity contribution in [3.8, 4) is 5.75 Å². The molecule has 0 aliphatic heterocycles. The molecule has 21 heavy (non-hydrogen) atoms. The Kier molecular flexibility index (Phi) is 4.48. The van der Waals surface area contributed by atoms with Crippen molar-refractivity contribution in [3.05, 3.63) is 53.1 Å². The third-order valence-electron chi connectivity index (χ3n) is 3.29. The van der Waals surface area contributed by atoms with Gasteiger partial charge in [0.05, 0.1) is 12.2 Å². The van der Waals surface area contributed by atoms with Crippen LogP contribution in [0.25, 0.3) is 0 Å². The normalized spacial score (nSPS) is 10.2. The number of amides is 1. The number of carbonyl (C=O) groups is 1. The van der Waals surface area contributed by atoms with Crippen LogP contribution in [0.3, 0.4) is 0 Å². The monoisotopic (exact) mass is 284 g/mol. The number of carbonyl (C=O) groups excluding carboxylic acids is 1. The number of anilines is 2. The fourth-order valence-electron chi connectivity index (χ4n) is 2.10. The van der Waals surface area contributed by atoms with Crippen molar-refractivity contribution < 1.29 is 9.53 Å². The number of nitrogens with two attached hydrogens (primary N) is 1. The SMILES string of the molecule is CCOc1ccccc1C(=O)Nc1cc(C)c(N)cc1C. The molecule has 0 radical (unpaired) electrons. The Morgan fingerprint density at radius 2 is 1.90 bits per heavy atom. The minimum absolute atomic E-state index is 0.189. The maximum Gasteiger partial charge on any atom is 0.259 e. The molecular formula is C17H20N2O2. The van der Waals surface area contributed by atoms with Gasteiger partial charge in [0.2, 0.25) is 0 Å². The quantitative estimate of drug-likeness (QED) is 0.844. The molecule has 0 aromatic heterocycles. The lowest BCUT2D eigenvalue weighted by atomic mass is 10.1. The van der Waals surface area contributed by atoms with Gasteiger partial charge in [-0.25, -0.2) is 0 Å². The molecule has 0 aliphatic carbocycles. The first-order chi connectivity index (χ1) is 10.0. The van der Waals surface area contributed by atoms with E-state index in [1.807, 2.05) is 45.0 Å². The number of nitrogen functional groups attached to an aromatic ring is 1. The van der Waals surface area contributed by atoms with E-state index in [2.05, 4.69) is 5.32 Å². The van der Waals surface area contributed by atoms with E-state index in [-0.39, 0.29) is 5.91 Å². The molecule has 3 N–H and O–H groups in total. The molecule has 2 aromatic carbocycles. The van der Waals surface area contributed by atoms with Crippen molar-refractivity contribution in [2.45, 2.75) is 20.8 Å². The van der Waals surface area contributed by atoms with Crippen LogP contribution in [0.15, 0.2) is 36.4 Å². The van der Waals surface area contributed by atoms with Gasteiger partial charge in [-0.2, -0.15) is 0 Å². The summed E-state index contributed by atoms with van der Waals surface area (Å²) in [5, 5.41) is 2.92. The molecule has 0 atom stereocenters. The lowest BCUT2D eigenvalue weighted by Crippen LogP contribution is -2.14. The first kappa shape index (κ1) is 14.9. The molecule has 0 spiro atoms. The number of nitrogens with one attached hydrogen (secondary N) is 1. The molecule has 110 valence electrons. The summed E-state index contributed by atoms with van der Waals surface area (Å²) in [6.45, 7) is 6.24. The Labute approximate surface area is 124 Å². The molecule has 0 heterocycles. The van der Waals surface area contributed by atoms with Gasteiger partial charge in [-0.1, -0.05) is 12.1 Å². The minimum atomic E-state index is -0.189. The second-order valence-electron chi connectivity index (χ2n) is 4.91.